The van der Waals surface area contributed by atoms with E-state index in [2.05, 4.69) is 0 Å². The summed E-state index contributed by atoms with van der Waals surface area (Å²) < 4.78 is 0. The van der Waals surface area contributed by atoms with Gasteiger partial charge in [0.15, 0.2) is 5.60 Å². The highest BCUT2D eigenvalue weighted by atomic mass is 16.3. The van der Waals surface area contributed by atoms with Gasteiger partial charge in [-0.2, -0.15) is 0 Å². The van der Waals surface area contributed by atoms with Crippen LogP contribution in [0.2, 0.25) is 0 Å². The van der Waals surface area contributed by atoms with Gasteiger partial charge in [-0.3, -0.25) is 4.79 Å². The summed E-state index contributed by atoms with van der Waals surface area (Å²) >= 11 is 0. The van der Waals surface area contributed by atoms with Crippen LogP contribution >= 0.6 is 0 Å². The number of carbonyl (C=O) groups is 1. The highest BCUT2D eigenvalue weighted by Crippen LogP contribution is 2.34. The summed E-state index contributed by atoms with van der Waals surface area (Å²) in [7, 11) is 0. The number of carbonyl (C=O) groups excluding carboxylic acids is 1. The Balaban J connectivity index is 2.04. The molecule has 132 valence electrons. The Hall–Kier alpha value is -2.17. The standard InChI is InChI=1S/C21H25NO3/c23-16-14-19-13-7-8-15-22(19)20(24)21(25,17-9-3-1-4-10-17)18-11-5-2-6-12-18/h1-6,9-12,19,23,25H,7-8,13-16H2. The fraction of sp³-hybridized carbons (Fsp3) is 0.381. The van der Waals surface area contributed by atoms with Crippen molar-refractivity contribution >= 4 is 5.91 Å². The van der Waals surface area contributed by atoms with Crippen molar-refractivity contribution < 1.29 is 15.0 Å². The van der Waals surface area contributed by atoms with Crippen LogP contribution in [0.4, 0.5) is 0 Å². The van der Waals surface area contributed by atoms with Crippen LogP contribution in [0.15, 0.2) is 60.7 Å². The molecule has 0 aromatic heterocycles. The van der Waals surface area contributed by atoms with Gasteiger partial charge in [-0.05, 0) is 36.8 Å². The molecule has 2 N–H and O–H groups in total. The third-order valence-corrected chi connectivity index (χ3v) is 5.04. The van der Waals surface area contributed by atoms with E-state index in [1.807, 2.05) is 36.4 Å². The summed E-state index contributed by atoms with van der Waals surface area (Å²) in [6, 6.07) is 18.2. The first-order valence-electron chi connectivity index (χ1n) is 8.93. The lowest BCUT2D eigenvalue weighted by Crippen LogP contribution is -2.53. The zero-order valence-electron chi connectivity index (χ0n) is 14.3. The van der Waals surface area contributed by atoms with E-state index in [1.165, 1.54) is 0 Å². The molecule has 3 rings (SSSR count). The molecule has 1 amide bonds. The molecule has 4 nitrogen and oxygen atoms in total. The van der Waals surface area contributed by atoms with E-state index in [4.69, 9.17) is 0 Å². The fourth-order valence-corrected chi connectivity index (χ4v) is 3.70. The Bertz CT molecular complexity index is 645. The predicted molar refractivity (Wildman–Crippen MR) is 96.9 cm³/mol. The third kappa shape index (κ3) is 3.46. The molecule has 0 aliphatic carbocycles. The number of piperidine rings is 1. The number of nitrogens with zero attached hydrogens (tertiary/aromatic N) is 1. The summed E-state index contributed by atoms with van der Waals surface area (Å²) in [6.45, 7) is 0.662. The van der Waals surface area contributed by atoms with Crippen molar-refractivity contribution in [2.45, 2.75) is 37.3 Å². The maximum Gasteiger partial charge on any atom is 0.264 e. The fourth-order valence-electron chi connectivity index (χ4n) is 3.70. The molecule has 1 heterocycles. The van der Waals surface area contributed by atoms with E-state index in [0.717, 1.165) is 19.3 Å². The Labute approximate surface area is 148 Å². The van der Waals surface area contributed by atoms with Gasteiger partial charge in [0.25, 0.3) is 5.91 Å². The minimum absolute atomic E-state index is 0.0230. The van der Waals surface area contributed by atoms with Crippen molar-refractivity contribution in [1.82, 2.24) is 4.90 Å². The number of hydrogen-bond donors (Lipinski definition) is 2. The molecule has 1 saturated heterocycles. The third-order valence-electron chi connectivity index (χ3n) is 5.04. The largest absolute Gasteiger partial charge is 0.396 e. The number of likely N-dealkylation sites (tertiary alicyclic amines) is 1. The van der Waals surface area contributed by atoms with E-state index in [1.54, 1.807) is 29.2 Å². The lowest BCUT2D eigenvalue weighted by atomic mass is 9.83. The predicted octanol–water partition coefficient (Wildman–Crippen LogP) is 2.69. The van der Waals surface area contributed by atoms with E-state index >= 15 is 0 Å². The van der Waals surface area contributed by atoms with Gasteiger partial charge in [-0.25, -0.2) is 0 Å². The zero-order valence-corrected chi connectivity index (χ0v) is 14.3. The molecule has 0 bridgehead atoms. The highest BCUT2D eigenvalue weighted by molar-refractivity contribution is 5.90. The maximum absolute atomic E-state index is 13.5. The zero-order chi connectivity index (χ0) is 17.7. The van der Waals surface area contributed by atoms with E-state index in [0.29, 0.717) is 24.1 Å². The van der Waals surface area contributed by atoms with Crippen molar-refractivity contribution in [3.05, 3.63) is 71.8 Å². The normalized spacial score (nSPS) is 18.2. The van der Waals surface area contributed by atoms with Crippen LogP contribution < -0.4 is 0 Å². The quantitative estimate of drug-likeness (QED) is 0.880. The first-order valence-corrected chi connectivity index (χ1v) is 8.93. The van der Waals surface area contributed by atoms with Crippen molar-refractivity contribution in [1.29, 1.82) is 0 Å². The lowest BCUT2D eigenvalue weighted by Gasteiger charge is -2.41. The van der Waals surface area contributed by atoms with Crippen molar-refractivity contribution in [3.63, 3.8) is 0 Å². The minimum Gasteiger partial charge on any atom is -0.396 e. The number of rotatable bonds is 5. The Morgan fingerprint density at radius 2 is 1.56 bits per heavy atom. The van der Waals surface area contributed by atoms with Gasteiger partial charge in [0.1, 0.15) is 0 Å². The summed E-state index contributed by atoms with van der Waals surface area (Å²) in [5.74, 6) is -0.303. The van der Waals surface area contributed by atoms with E-state index in [-0.39, 0.29) is 18.6 Å². The summed E-state index contributed by atoms with van der Waals surface area (Å²) in [5.41, 5.74) is -0.577. The molecule has 0 saturated carbocycles. The van der Waals surface area contributed by atoms with Gasteiger partial charge in [0.2, 0.25) is 0 Å². The Morgan fingerprint density at radius 1 is 1.00 bits per heavy atom. The molecular formula is C21H25NO3. The molecule has 1 aliphatic heterocycles. The number of aliphatic hydroxyl groups is 2. The minimum atomic E-state index is -1.71. The number of aliphatic hydroxyl groups excluding tert-OH is 1. The first kappa shape index (κ1) is 17.6. The SMILES string of the molecule is O=C(N1CCCCC1CCO)C(O)(c1ccccc1)c1ccccc1. The van der Waals surface area contributed by atoms with Gasteiger partial charge in [0.05, 0.1) is 0 Å². The second-order valence-electron chi connectivity index (χ2n) is 6.60. The molecular weight excluding hydrogens is 314 g/mol. The van der Waals surface area contributed by atoms with Gasteiger partial charge in [-0.1, -0.05) is 60.7 Å². The van der Waals surface area contributed by atoms with Crippen LogP contribution in [-0.4, -0.2) is 40.2 Å². The van der Waals surface area contributed by atoms with Crippen molar-refractivity contribution in [3.8, 4) is 0 Å². The summed E-state index contributed by atoms with van der Waals surface area (Å²) in [6.07, 6.45) is 3.38. The van der Waals surface area contributed by atoms with Gasteiger partial charge in [-0.15, -0.1) is 0 Å². The van der Waals surface area contributed by atoms with E-state index < -0.39 is 5.60 Å². The Kier molecular flexibility index (Phi) is 5.51. The first-order chi connectivity index (χ1) is 12.2. The lowest BCUT2D eigenvalue weighted by molar-refractivity contribution is -0.152. The number of benzene rings is 2. The average Bonchev–Trinajstić information content (AvgIpc) is 2.69. The van der Waals surface area contributed by atoms with Gasteiger partial charge >= 0.3 is 0 Å². The molecule has 2 aromatic rings. The maximum atomic E-state index is 13.5. The smallest absolute Gasteiger partial charge is 0.264 e. The van der Waals surface area contributed by atoms with Crippen LogP contribution in [0, 0.1) is 0 Å². The second-order valence-corrected chi connectivity index (χ2v) is 6.60. The topological polar surface area (TPSA) is 60.8 Å². The van der Waals surface area contributed by atoms with Crippen LogP contribution in [0.5, 0.6) is 0 Å². The average molecular weight is 339 g/mol. The Morgan fingerprint density at radius 3 is 2.08 bits per heavy atom. The molecule has 1 fully saturated rings. The summed E-state index contributed by atoms with van der Waals surface area (Å²) in [4.78, 5) is 15.3. The second kappa shape index (κ2) is 7.81. The molecule has 25 heavy (non-hydrogen) atoms. The van der Waals surface area contributed by atoms with Crippen LogP contribution in [0.3, 0.4) is 0 Å². The monoisotopic (exact) mass is 339 g/mol. The molecule has 0 spiro atoms. The molecule has 4 heteroatoms. The van der Waals surface area contributed by atoms with Crippen LogP contribution in [0.1, 0.15) is 36.8 Å². The van der Waals surface area contributed by atoms with Crippen molar-refractivity contribution in [2.24, 2.45) is 0 Å². The number of amides is 1. The van der Waals surface area contributed by atoms with Crippen LogP contribution in [-0.2, 0) is 10.4 Å². The van der Waals surface area contributed by atoms with Crippen molar-refractivity contribution in [2.75, 3.05) is 13.2 Å². The van der Waals surface area contributed by atoms with Gasteiger partial charge < -0.3 is 15.1 Å². The molecule has 1 atom stereocenters. The van der Waals surface area contributed by atoms with E-state index in [9.17, 15) is 15.0 Å². The molecule has 2 aromatic carbocycles. The van der Waals surface area contributed by atoms with Gasteiger partial charge in [0, 0.05) is 19.2 Å². The molecule has 1 aliphatic rings. The molecule has 1 unspecified atom stereocenters. The number of hydrogen-bond acceptors (Lipinski definition) is 3. The molecule has 0 radical (unpaired) electrons. The van der Waals surface area contributed by atoms with Crippen LogP contribution in [0.25, 0.3) is 0 Å². The summed E-state index contributed by atoms with van der Waals surface area (Å²) in [5, 5.41) is 21.0. The highest BCUT2D eigenvalue weighted by Gasteiger charge is 2.44.